The first-order valence-corrected chi connectivity index (χ1v) is 2.75. The normalized spacial score (nSPS) is 27.0. The number of amides is 1. The summed E-state index contributed by atoms with van der Waals surface area (Å²) >= 11 is 0. The lowest BCUT2D eigenvalue weighted by Crippen LogP contribution is -2.16. The van der Waals surface area contributed by atoms with Gasteiger partial charge in [-0.25, -0.2) is 8.78 Å². The van der Waals surface area contributed by atoms with E-state index in [1.807, 2.05) is 0 Å². The molecule has 1 amide bonds. The van der Waals surface area contributed by atoms with Gasteiger partial charge in [-0.15, -0.1) is 0 Å². The Morgan fingerprint density at radius 2 is 2.33 bits per heavy atom. The minimum atomic E-state index is -2.36. The van der Waals surface area contributed by atoms with Crippen LogP contribution in [0.3, 0.4) is 0 Å². The van der Waals surface area contributed by atoms with Gasteiger partial charge in [-0.3, -0.25) is 4.79 Å². The van der Waals surface area contributed by atoms with Crippen molar-refractivity contribution in [2.75, 3.05) is 6.54 Å². The molecule has 1 N–H and O–H groups in total. The Morgan fingerprint density at radius 1 is 1.67 bits per heavy atom. The van der Waals surface area contributed by atoms with Gasteiger partial charge in [0.05, 0.1) is 0 Å². The van der Waals surface area contributed by atoms with Gasteiger partial charge >= 0.3 is 0 Å². The first-order chi connectivity index (χ1) is 4.20. The third kappa shape index (κ3) is 1.37. The summed E-state index contributed by atoms with van der Waals surface area (Å²) in [6, 6.07) is 0. The van der Waals surface area contributed by atoms with Crippen LogP contribution in [-0.4, -0.2) is 18.9 Å². The van der Waals surface area contributed by atoms with Crippen molar-refractivity contribution in [2.24, 2.45) is 5.92 Å². The molecule has 52 valence electrons. The van der Waals surface area contributed by atoms with Gasteiger partial charge in [0.2, 0.25) is 12.3 Å². The maximum Gasteiger partial charge on any atom is 0.243 e. The fourth-order valence-electron chi connectivity index (χ4n) is 0.806. The van der Waals surface area contributed by atoms with Gasteiger partial charge in [0.15, 0.2) is 0 Å². The van der Waals surface area contributed by atoms with E-state index in [9.17, 15) is 13.6 Å². The van der Waals surface area contributed by atoms with E-state index in [1.54, 1.807) is 0 Å². The Hall–Kier alpha value is -0.670. The Labute approximate surface area is 51.2 Å². The predicted molar refractivity (Wildman–Crippen MR) is 27.1 cm³/mol. The molecule has 0 radical (unpaired) electrons. The summed E-state index contributed by atoms with van der Waals surface area (Å²) in [5.74, 6) is -1.02. The SMILES string of the molecule is O=C1C[C@H](C(F)F)CN1. The molecule has 9 heavy (non-hydrogen) atoms. The van der Waals surface area contributed by atoms with Gasteiger partial charge in [0.25, 0.3) is 0 Å². The van der Waals surface area contributed by atoms with Gasteiger partial charge in [0.1, 0.15) is 0 Å². The van der Waals surface area contributed by atoms with Gasteiger partial charge in [-0.05, 0) is 0 Å². The lowest BCUT2D eigenvalue weighted by Gasteiger charge is -2.01. The molecule has 0 aliphatic carbocycles. The Balaban J connectivity index is 2.39. The lowest BCUT2D eigenvalue weighted by atomic mass is 10.1. The molecule has 0 aromatic heterocycles. The largest absolute Gasteiger partial charge is 0.356 e. The molecule has 1 aliphatic rings. The molecule has 0 aromatic carbocycles. The number of hydrogen-bond donors (Lipinski definition) is 1. The van der Waals surface area contributed by atoms with Gasteiger partial charge in [-0.2, -0.15) is 0 Å². The van der Waals surface area contributed by atoms with Crippen LogP contribution in [0.25, 0.3) is 0 Å². The second kappa shape index (κ2) is 2.29. The summed E-state index contributed by atoms with van der Waals surface area (Å²) in [7, 11) is 0. The van der Waals surface area contributed by atoms with Crippen LogP contribution in [0.4, 0.5) is 8.78 Å². The summed E-state index contributed by atoms with van der Waals surface area (Å²) in [5.41, 5.74) is 0. The molecule has 1 fully saturated rings. The first-order valence-electron chi connectivity index (χ1n) is 2.75. The van der Waals surface area contributed by atoms with E-state index in [0.29, 0.717) is 0 Å². The maximum atomic E-state index is 11.7. The van der Waals surface area contributed by atoms with Crippen molar-refractivity contribution in [1.82, 2.24) is 5.32 Å². The number of alkyl halides is 2. The summed E-state index contributed by atoms with van der Waals surface area (Å²) in [6.07, 6.45) is -2.37. The van der Waals surface area contributed by atoms with Crippen molar-refractivity contribution in [2.45, 2.75) is 12.8 Å². The van der Waals surface area contributed by atoms with Crippen LogP contribution in [0.1, 0.15) is 6.42 Å². The van der Waals surface area contributed by atoms with Crippen LogP contribution in [0.5, 0.6) is 0 Å². The van der Waals surface area contributed by atoms with Gasteiger partial charge in [0, 0.05) is 18.9 Å². The molecule has 1 heterocycles. The average Bonchev–Trinajstić information content (AvgIpc) is 2.14. The van der Waals surface area contributed by atoms with Crippen LogP contribution in [-0.2, 0) is 4.79 Å². The first kappa shape index (κ1) is 6.45. The Kier molecular flexibility index (Phi) is 1.64. The van der Waals surface area contributed by atoms with Gasteiger partial charge < -0.3 is 5.32 Å². The van der Waals surface area contributed by atoms with E-state index < -0.39 is 12.3 Å². The van der Waals surface area contributed by atoms with Crippen LogP contribution >= 0.6 is 0 Å². The highest BCUT2D eigenvalue weighted by molar-refractivity contribution is 5.78. The third-order valence-electron chi connectivity index (χ3n) is 1.37. The Morgan fingerprint density at radius 3 is 2.56 bits per heavy atom. The van der Waals surface area contributed by atoms with Gasteiger partial charge in [-0.1, -0.05) is 0 Å². The molecule has 0 spiro atoms. The lowest BCUT2D eigenvalue weighted by molar-refractivity contribution is -0.119. The van der Waals surface area contributed by atoms with E-state index >= 15 is 0 Å². The van der Waals surface area contributed by atoms with E-state index in [2.05, 4.69) is 5.32 Å². The molecule has 0 unspecified atom stereocenters. The van der Waals surface area contributed by atoms with E-state index in [1.165, 1.54) is 0 Å². The topological polar surface area (TPSA) is 29.1 Å². The predicted octanol–water partition coefficient (Wildman–Crippen LogP) is 0.388. The quantitative estimate of drug-likeness (QED) is 0.553. The highest BCUT2D eigenvalue weighted by Crippen LogP contribution is 2.16. The molecular weight excluding hydrogens is 128 g/mol. The molecule has 0 saturated carbocycles. The van der Waals surface area contributed by atoms with E-state index in [4.69, 9.17) is 0 Å². The number of carbonyl (C=O) groups excluding carboxylic acids is 1. The number of nitrogens with one attached hydrogen (secondary N) is 1. The van der Waals surface area contributed by atoms with Crippen molar-refractivity contribution in [3.63, 3.8) is 0 Å². The zero-order chi connectivity index (χ0) is 6.85. The number of carbonyl (C=O) groups is 1. The van der Waals surface area contributed by atoms with Crippen molar-refractivity contribution in [1.29, 1.82) is 0 Å². The van der Waals surface area contributed by atoms with Crippen molar-refractivity contribution < 1.29 is 13.6 Å². The van der Waals surface area contributed by atoms with Crippen LogP contribution in [0.2, 0.25) is 0 Å². The summed E-state index contributed by atoms with van der Waals surface area (Å²) in [4.78, 5) is 10.3. The number of hydrogen-bond acceptors (Lipinski definition) is 1. The van der Waals surface area contributed by atoms with E-state index in [-0.39, 0.29) is 18.9 Å². The van der Waals surface area contributed by atoms with E-state index in [0.717, 1.165) is 0 Å². The molecule has 1 rings (SSSR count). The summed E-state index contributed by atoms with van der Waals surface area (Å²) < 4.78 is 23.4. The van der Waals surface area contributed by atoms with Crippen molar-refractivity contribution >= 4 is 5.91 Å². The molecule has 4 heteroatoms. The summed E-state index contributed by atoms with van der Waals surface area (Å²) in [6.45, 7) is 0.135. The smallest absolute Gasteiger partial charge is 0.243 e. The monoisotopic (exact) mass is 135 g/mol. The number of rotatable bonds is 1. The van der Waals surface area contributed by atoms with Crippen LogP contribution in [0.15, 0.2) is 0 Å². The fourth-order valence-corrected chi connectivity index (χ4v) is 0.806. The maximum absolute atomic E-state index is 11.7. The molecule has 1 saturated heterocycles. The van der Waals surface area contributed by atoms with Crippen LogP contribution in [0, 0.1) is 5.92 Å². The molecule has 2 nitrogen and oxygen atoms in total. The van der Waals surface area contributed by atoms with Crippen molar-refractivity contribution in [3.8, 4) is 0 Å². The highest BCUT2D eigenvalue weighted by Gasteiger charge is 2.28. The molecular formula is C5H7F2NO. The second-order valence-electron chi connectivity index (χ2n) is 2.10. The number of halogens is 2. The molecule has 1 aliphatic heterocycles. The fraction of sp³-hybridized carbons (Fsp3) is 0.800. The molecule has 1 atom stereocenters. The molecule has 0 bridgehead atoms. The second-order valence-corrected chi connectivity index (χ2v) is 2.10. The standard InChI is InChI=1S/C5H7F2NO/c6-5(7)3-1-4(9)8-2-3/h3,5H,1-2H2,(H,8,9)/t3-/m0/s1. The average molecular weight is 135 g/mol. The highest BCUT2D eigenvalue weighted by atomic mass is 19.3. The zero-order valence-corrected chi connectivity index (χ0v) is 4.73. The Bertz CT molecular complexity index is 126. The minimum Gasteiger partial charge on any atom is -0.356 e. The summed E-state index contributed by atoms with van der Waals surface area (Å²) in [5, 5.41) is 2.33. The van der Waals surface area contributed by atoms with Crippen LogP contribution < -0.4 is 5.32 Å². The zero-order valence-electron chi connectivity index (χ0n) is 4.73. The molecule has 0 aromatic rings. The van der Waals surface area contributed by atoms with Crippen molar-refractivity contribution in [3.05, 3.63) is 0 Å². The third-order valence-corrected chi connectivity index (χ3v) is 1.37. The minimum absolute atomic E-state index is 0.0162.